The van der Waals surface area contributed by atoms with Crippen LogP contribution in [-0.4, -0.2) is 21.1 Å². The van der Waals surface area contributed by atoms with E-state index in [1.807, 2.05) is 13.8 Å². The summed E-state index contributed by atoms with van der Waals surface area (Å²) in [5.74, 6) is 5.79. The molecule has 0 saturated heterocycles. The van der Waals surface area contributed by atoms with E-state index in [0.717, 1.165) is 5.69 Å². The van der Waals surface area contributed by atoms with Crippen LogP contribution in [0.2, 0.25) is 0 Å². The lowest BCUT2D eigenvalue weighted by atomic mass is 10.1. The Balaban J connectivity index is 2.27. The first-order valence-corrected chi connectivity index (χ1v) is 5.89. The first-order valence-electron chi connectivity index (χ1n) is 5.89. The lowest BCUT2D eigenvalue weighted by Crippen LogP contribution is -2.15. The number of nitrogen functional groups attached to an aromatic ring is 1. The van der Waals surface area contributed by atoms with Gasteiger partial charge >= 0.3 is 0 Å². The maximum atomic E-state index is 12.1. The van der Waals surface area contributed by atoms with E-state index in [1.165, 1.54) is 6.20 Å². The van der Waals surface area contributed by atoms with Gasteiger partial charge < -0.3 is 10.7 Å². The lowest BCUT2D eigenvalue weighted by Gasteiger charge is -2.10. The summed E-state index contributed by atoms with van der Waals surface area (Å²) < 4.78 is 0. The van der Waals surface area contributed by atoms with Crippen LogP contribution in [0.4, 0.5) is 11.5 Å². The molecule has 0 saturated carbocycles. The van der Waals surface area contributed by atoms with E-state index in [0.29, 0.717) is 17.1 Å². The van der Waals surface area contributed by atoms with Crippen LogP contribution in [0, 0.1) is 0 Å². The monoisotopic (exact) mass is 260 g/mol. The van der Waals surface area contributed by atoms with Gasteiger partial charge in [0.1, 0.15) is 5.82 Å². The van der Waals surface area contributed by atoms with Crippen molar-refractivity contribution in [2.75, 3.05) is 10.7 Å². The molecule has 0 aromatic carbocycles. The van der Waals surface area contributed by atoms with Gasteiger partial charge in [-0.1, -0.05) is 13.8 Å². The highest BCUT2D eigenvalue weighted by atomic mass is 16.1. The Morgan fingerprint density at radius 3 is 2.79 bits per heavy atom. The number of nitrogens with two attached hydrogens (primary N) is 1. The first-order chi connectivity index (χ1) is 9.10. The molecule has 2 heterocycles. The molecule has 0 aliphatic rings. The van der Waals surface area contributed by atoms with Gasteiger partial charge in [-0.3, -0.25) is 9.89 Å². The Bertz CT molecular complexity index is 564. The molecule has 19 heavy (non-hydrogen) atoms. The van der Waals surface area contributed by atoms with Gasteiger partial charge in [0.15, 0.2) is 0 Å². The van der Waals surface area contributed by atoms with E-state index in [4.69, 9.17) is 5.84 Å². The van der Waals surface area contributed by atoms with Crippen molar-refractivity contribution in [3.63, 3.8) is 0 Å². The fourth-order valence-electron chi connectivity index (χ4n) is 1.58. The number of carbonyl (C=O) groups is 1. The van der Waals surface area contributed by atoms with E-state index >= 15 is 0 Å². The second-order valence-corrected chi connectivity index (χ2v) is 4.41. The number of aromatic nitrogens is 3. The zero-order chi connectivity index (χ0) is 13.8. The summed E-state index contributed by atoms with van der Waals surface area (Å²) in [6.07, 6.45) is 3.13. The molecule has 7 heteroatoms. The number of hydrogen-bond donors (Lipinski definition) is 4. The normalized spacial score (nSPS) is 10.5. The fraction of sp³-hybridized carbons (Fsp3) is 0.250. The molecular formula is C12H16N6O. The molecule has 5 N–H and O–H groups in total. The third-order valence-corrected chi connectivity index (χ3v) is 2.60. The van der Waals surface area contributed by atoms with Gasteiger partial charge in [-0.15, -0.1) is 0 Å². The van der Waals surface area contributed by atoms with Crippen LogP contribution in [0.25, 0.3) is 0 Å². The summed E-state index contributed by atoms with van der Waals surface area (Å²) in [6, 6.07) is 3.35. The van der Waals surface area contributed by atoms with Gasteiger partial charge in [-0.25, -0.2) is 10.8 Å². The zero-order valence-corrected chi connectivity index (χ0v) is 10.8. The molecule has 2 aromatic heterocycles. The Hall–Kier alpha value is -2.41. The number of hydrogen-bond acceptors (Lipinski definition) is 5. The molecular weight excluding hydrogens is 244 g/mol. The van der Waals surface area contributed by atoms with Crippen LogP contribution < -0.4 is 16.6 Å². The molecule has 0 unspecified atom stereocenters. The maximum Gasteiger partial charge on any atom is 0.255 e. The van der Waals surface area contributed by atoms with E-state index in [2.05, 4.69) is 25.9 Å². The van der Waals surface area contributed by atoms with Crippen LogP contribution in [-0.2, 0) is 0 Å². The van der Waals surface area contributed by atoms with Crippen LogP contribution in [0.1, 0.15) is 35.8 Å². The number of carbonyl (C=O) groups excluding carboxylic acids is 1. The Labute approximate surface area is 110 Å². The van der Waals surface area contributed by atoms with Crippen LogP contribution >= 0.6 is 0 Å². The topological polar surface area (TPSA) is 109 Å². The quantitative estimate of drug-likeness (QED) is 0.491. The van der Waals surface area contributed by atoms with Crippen LogP contribution in [0.3, 0.4) is 0 Å². The molecule has 2 rings (SSSR count). The largest absolute Gasteiger partial charge is 0.319 e. The molecule has 0 spiro atoms. The molecule has 7 nitrogen and oxygen atoms in total. The van der Waals surface area contributed by atoms with E-state index in [9.17, 15) is 4.79 Å². The number of amides is 1. The lowest BCUT2D eigenvalue weighted by molar-refractivity contribution is 0.102. The molecule has 100 valence electrons. The van der Waals surface area contributed by atoms with Gasteiger partial charge in [0.2, 0.25) is 0 Å². The van der Waals surface area contributed by atoms with Crippen molar-refractivity contribution >= 4 is 17.4 Å². The Morgan fingerprint density at radius 1 is 1.42 bits per heavy atom. The van der Waals surface area contributed by atoms with Crippen LogP contribution in [0.15, 0.2) is 24.5 Å². The van der Waals surface area contributed by atoms with Crippen molar-refractivity contribution in [3.8, 4) is 0 Å². The van der Waals surface area contributed by atoms with Gasteiger partial charge in [-0.2, -0.15) is 5.10 Å². The number of rotatable bonds is 4. The number of nitrogens with one attached hydrogen (secondary N) is 3. The predicted octanol–water partition coefficient (Wildman–Crippen LogP) is 1.47. The van der Waals surface area contributed by atoms with Crippen molar-refractivity contribution in [3.05, 3.63) is 35.8 Å². The first kappa shape index (κ1) is 13.0. The summed E-state index contributed by atoms with van der Waals surface area (Å²) in [6.45, 7) is 4.00. The minimum Gasteiger partial charge on any atom is -0.319 e. The second-order valence-electron chi connectivity index (χ2n) is 4.41. The smallest absolute Gasteiger partial charge is 0.255 e. The summed E-state index contributed by atoms with van der Waals surface area (Å²) in [5, 5.41) is 9.12. The second kappa shape index (κ2) is 5.49. The highest BCUT2D eigenvalue weighted by Gasteiger charge is 2.12. The maximum absolute atomic E-state index is 12.1. The molecule has 0 atom stereocenters. The SMILES string of the molecule is CC(C)c1cc(C(=O)Nc2cn[nH]c2)cc(NN)n1. The summed E-state index contributed by atoms with van der Waals surface area (Å²) >= 11 is 0. The van der Waals surface area contributed by atoms with Crippen molar-refractivity contribution in [2.24, 2.45) is 5.84 Å². The van der Waals surface area contributed by atoms with Crippen molar-refractivity contribution < 1.29 is 4.79 Å². The van der Waals surface area contributed by atoms with Crippen LogP contribution in [0.5, 0.6) is 0 Å². The zero-order valence-electron chi connectivity index (χ0n) is 10.8. The van der Waals surface area contributed by atoms with Gasteiger partial charge in [0, 0.05) is 17.5 Å². The molecule has 2 aromatic rings. The number of H-pyrrole nitrogens is 1. The number of nitrogens with zero attached hydrogens (tertiary/aromatic N) is 2. The Morgan fingerprint density at radius 2 is 2.21 bits per heavy atom. The summed E-state index contributed by atoms with van der Waals surface area (Å²) in [7, 11) is 0. The van der Waals surface area contributed by atoms with Crippen molar-refractivity contribution in [1.82, 2.24) is 15.2 Å². The standard InChI is InChI=1S/C12H16N6O/c1-7(2)10-3-8(4-11(17-10)18-13)12(19)16-9-5-14-15-6-9/h3-7H,13H2,1-2H3,(H,14,15)(H,16,19)(H,17,18). The van der Waals surface area contributed by atoms with Crippen molar-refractivity contribution in [1.29, 1.82) is 0 Å². The Kier molecular flexibility index (Phi) is 3.76. The summed E-state index contributed by atoms with van der Waals surface area (Å²) in [4.78, 5) is 16.4. The van der Waals surface area contributed by atoms with Gasteiger partial charge in [-0.05, 0) is 18.1 Å². The number of anilines is 2. The van der Waals surface area contributed by atoms with Gasteiger partial charge in [0.05, 0.1) is 11.9 Å². The molecule has 0 fully saturated rings. The van der Waals surface area contributed by atoms with Crippen molar-refractivity contribution in [2.45, 2.75) is 19.8 Å². The number of pyridine rings is 1. The summed E-state index contributed by atoms with van der Waals surface area (Å²) in [5.41, 5.74) is 4.37. The van der Waals surface area contributed by atoms with E-state index < -0.39 is 0 Å². The molecule has 0 aliphatic heterocycles. The number of aromatic amines is 1. The predicted molar refractivity (Wildman–Crippen MR) is 72.7 cm³/mol. The minimum absolute atomic E-state index is 0.203. The van der Waals surface area contributed by atoms with E-state index in [-0.39, 0.29) is 11.8 Å². The highest BCUT2D eigenvalue weighted by Crippen LogP contribution is 2.18. The van der Waals surface area contributed by atoms with E-state index in [1.54, 1.807) is 18.3 Å². The minimum atomic E-state index is -0.234. The number of hydrazine groups is 1. The van der Waals surface area contributed by atoms with Gasteiger partial charge in [0.25, 0.3) is 5.91 Å². The molecule has 1 amide bonds. The molecule has 0 aliphatic carbocycles. The molecule has 0 radical (unpaired) electrons. The average molecular weight is 260 g/mol. The third kappa shape index (κ3) is 3.08. The highest BCUT2D eigenvalue weighted by molar-refractivity contribution is 6.04. The fourth-order valence-corrected chi connectivity index (χ4v) is 1.58. The molecule has 0 bridgehead atoms. The third-order valence-electron chi connectivity index (χ3n) is 2.60. The average Bonchev–Trinajstić information content (AvgIpc) is 2.90.